The molecule has 3 rings (SSSR count). The van der Waals surface area contributed by atoms with Crippen molar-refractivity contribution in [3.05, 3.63) is 54.1 Å². The van der Waals surface area contributed by atoms with Crippen LogP contribution in [0.3, 0.4) is 0 Å². The van der Waals surface area contributed by atoms with Gasteiger partial charge in [0.2, 0.25) is 15.9 Å². The van der Waals surface area contributed by atoms with Gasteiger partial charge in [0.1, 0.15) is 11.5 Å². The minimum Gasteiger partial charge on any atom is -0.497 e. The lowest BCUT2D eigenvalue weighted by molar-refractivity contribution is -0.132. The van der Waals surface area contributed by atoms with Crippen molar-refractivity contribution < 1.29 is 22.7 Å². The van der Waals surface area contributed by atoms with Gasteiger partial charge in [0.15, 0.2) is 0 Å². The van der Waals surface area contributed by atoms with Gasteiger partial charge in [-0.1, -0.05) is 17.7 Å². The van der Waals surface area contributed by atoms with Gasteiger partial charge in [0.05, 0.1) is 18.6 Å². The van der Waals surface area contributed by atoms with Gasteiger partial charge in [-0.25, -0.2) is 13.1 Å². The minimum atomic E-state index is -3.59. The maximum absolute atomic E-state index is 12.6. The van der Waals surface area contributed by atoms with E-state index in [1.165, 1.54) is 24.8 Å². The zero-order chi connectivity index (χ0) is 22.3. The van der Waals surface area contributed by atoms with Crippen LogP contribution in [0.25, 0.3) is 0 Å². The highest BCUT2D eigenvalue weighted by molar-refractivity contribution is 7.89. The molecular weight excluding hydrogens is 416 g/mol. The van der Waals surface area contributed by atoms with Crippen LogP contribution in [0, 0.1) is 6.92 Å². The summed E-state index contributed by atoms with van der Waals surface area (Å²) in [6, 6.07) is 14.0. The predicted octanol–water partition coefficient (Wildman–Crippen LogP) is 3.13. The first-order valence-corrected chi connectivity index (χ1v) is 12.0. The Kier molecular flexibility index (Phi) is 7.92. The molecule has 2 aromatic rings. The molecule has 1 fully saturated rings. The molecule has 1 aliphatic rings. The van der Waals surface area contributed by atoms with Gasteiger partial charge < -0.3 is 14.4 Å². The standard InChI is InChI=1S/C23H30N2O5S/c1-18-5-7-21(8-6-18)30-17-3-4-23(26)25-15-13-19(14-16-25)24-31(27,28)22-11-9-20(29-2)10-12-22/h5-12,19,24H,3-4,13-17H2,1-2H3. The first-order chi connectivity index (χ1) is 14.9. The van der Waals surface area contributed by atoms with Crippen LogP contribution < -0.4 is 14.2 Å². The zero-order valence-electron chi connectivity index (χ0n) is 18.0. The molecule has 0 bridgehead atoms. The fourth-order valence-corrected chi connectivity index (χ4v) is 4.80. The number of amides is 1. The molecule has 1 heterocycles. The summed E-state index contributed by atoms with van der Waals surface area (Å²) in [7, 11) is -2.06. The van der Waals surface area contributed by atoms with E-state index in [-0.39, 0.29) is 16.8 Å². The molecule has 2 aromatic carbocycles. The molecule has 1 aliphatic heterocycles. The van der Waals surface area contributed by atoms with Crippen molar-refractivity contribution in [1.29, 1.82) is 0 Å². The summed E-state index contributed by atoms with van der Waals surface area (Å²) in [6.45, 7) is 3.61. The summed E-state index contributed by atoms with van der Waals surface area (Å²) >= 11 is 0. The molecule has 0 aliphatic carbocycles. The predicted molar refractivity (Wildman–Crippen MR) is 119 cm³/mol. The Morgan fingerprint density at radius 1 is 1.03 bits per heavy atom. The summed E-state index contributed by atoms with van der Waals surface area (Å²) in [5.41, 5.74) is 1.18. The third kappa shape index (κ3) is 6.70. The molecule has 31 heavy (non-hydrogen) atoms. The lowest BCUT2D eigenvalue weighted by atomic mass is 10.1. The summed E-state index contributed by atoms with van der Waals surface area (Å²) in [6.07, 6.45) is 2.27. The number of ether oxygens (including phenoxy) is 2. The van der Waals surface area contributed by atoms with E-state index >= 15 is 0 Å². The van der Waals surface area contributed by atoms with Gasteiger partial charge in [0, 0.05) is 25.6 Å². The summed E-state index contributed by atoms with van der Waals surface area (Å²) in [4.78, 5) is 14.5. The molecule has 1 saturated heterocycles. The highest BCUT2D eigenvalue weighted by atomic mass is 32.2. The van der Waals surface area contributed by atoms with E-state index in [9.17, 15) is 13.2 Å². The number of nitrogens with one attached hydrogen (secondary N) is 1. The number of hydrogen-bond acceptors (Lipinski definition) is 5. The van der Waals surface area contributed by atoms with Crippen LogP contribution in [-0.2, 0) is 14.8 Å². The molecule has 0 radical (unpaired) electrons. The van der Waals surface area contributed by atoms with E-state index in [1.54, 1.807) is 12.1 Å². The van der Waals surface area contributed by atoms with Crippen molar-refractivity contribution in [2.75, 3.05) is 26.8 Å². The number of carbonyl (C=O) groups is 1. The third-order valence-electron chi connectivity index (χ3n) is 5.36. The highest BCUT2D eigenvalue weighted by Gasteiger charge is 2.26. The van der Waals surface area contributed by atoms with Crippen molar-refractivity contribution in [2.24, 2.45) is 0 Å². The van der Waals surface area contributed by atoms with Crippen LogP contribution in [0.1, 0.15) is 31.2 Å². The van der Waals surface area contributed by atoms with E-state index in [2.05, 4.69) is 4.72 Å². The van der Waals surface area contributed by atoms with Gasteiger partial charge in [-0.3, -0.25) is 4.79 Å². The summed E-state index contributed by atoms with van der Waals surface area (Å²) in [5.74, 6) is 1.50. The van der Waals surface area contributed by atoms with Crippen molar-refractivity contribution in [3.63, 3.8) is 0 Å². The molecule has 0 aromatic heterocycles. The Bertz CT molecular complexity index is 950. The molecule has 8 heteroatoms. The Morgan fingerprint density at radius 3 is 2.26 bits per heavy atom. The number of methoxy groups -OCH3 is 1. The van der Waals surface area contributed by atoms with Gasteiger partial charge >= 0.3 is 0 Å². The van der Waals surface area contributed by atoms with E-state index < -0.39 is 10.0 Å². The maximum Gasteiger partial charge on any atom is 0.240 e. The van der Waals surface area contributed by atoms with E-state index in [0.717, 1.165) is 5.75 Å². The number of aryl methyl sites for hydroxylation is 1. The molecule has 168 valence electrons. The van der Waals surface area contributed by atoms with Crippen LogP contribution in [-0.4, -0.2) is 52.1 Å². The molecule has 0 unspecified atom stereocenters. The first kappa shape index (κ1) is 23.1. The second-order valence-corrected chi connectivity index (χ2v) is 9.43. The Hall–Kier alpha value is -2.58. The third-order valence-corrected chi connectivity index (χ3v) is 6.90. The SMILES string of the molecule is COc1ccc(S(=O)(=O)NC2CCN(C(=O)CCCOc3ccc(C)cc3)CC2)cc1. The molecular formula is C23H30N2O5S. The van der Waals surface area contributed by atoms with Crippen molar-refractivity contribution in [2.45, 2.75) is 43.5 Å². The Labute approximate surface area is 184 Å². The number of nitrogens with zero attached hydrogens (tertiary/aromatic N) is 1. The molecule has 0 atom stereocenters. The minimum absolute atomic E-state index is 0.0870. The molecule has 1 N–H and O–H groups in total. The maximum atomic E-state index is 12.6. The number of hydrogen-bond donors (Lipinski definition) is 1. The fraction of sp³-hybridized carbons (Fsp3) is 0.435. The fourth-order valence-electron chi connectivity index (χ4n) is 3.50. The van der Waals surface area contributed by atoms with Crippen LogP contribution in [0.4, 0.5) is 0 Å². The van der Waals surface area contributed by atoms with Crippen LogP contribution in [0.5, 0.6) is 11.5 Å². The van der Waals surface area contributed by atoms with Crippen molar-refractivity contribution >= 4 is 15.9 Å². The molecule has 0 saturated carbocycles. The lowest BCUT2D eigenvalue weighted by Gasteiger charge is -2.32. The largest absolute Gasteiger partial charge is 0.497 e. The molecule has 7 nitrogen and oxygen atoms in total. The smallest absolute Gasteiger partial charge is 0.240 e. The van der Waals surface area contributed by atoms with Gasteiger partial charge in [-0.05, 0) is 62.6 Å². The van der Waals surface area contributed by atoms with Crippen LogP contribution in [0.2, 0.25) is 0 Å². The number of benzene rings is 2. The number of piperidine rings is 1. The monoisotopic (exact) mass is 446 g/mol. The van der Waals surface area contributed by atoms with E-state index in [4.69, 9.17) is 9.47 Å². The number of likely N-dealkylation sites (tertiary alicyclic amines) is 1. The Morgan fingerprint density at radius 2 is 1.65 bits per heavy atom. The number of carbonyl (C=O) groups excluding carboxylic acids is 1. The zero-order valence-corrected chi connectivity index (χ0v) is 18.9. The lowest BCUT2D eigenvalue weighted by Crippen LogP contribution is -2.46. The van der Waals surface area contributed by atoms with Gasteiger partial charge in [-0.2, -0.15) is 0 Å². The Balaban J connectivity index is 1.39. The van der Waals surface area contributed by atoms with E-state index in [1.807, 2.05) is 36.1 Å². The second kappa shape index (κ2) is 10.6. The first-order valence-electron chi connectivity index (χ1n) is 10.5. The normalized spacial score (nSPS) is 15.0. The highest BCUT2D eigenvalue weighted by Crippen LogP contribution is 2.19. The molecule has 0 spiro atoms. The molecule has 1 amide bonds. The van der Waals surface area contributed by atoms with Gasteiger partial charge in [-0.15, -0.1) is 0 Å². The van der Waals surface area contributed by atoms with E-state index in [0.29, 0.717) is 51.1 Å². The average Bonchev–Trinajstić information content (AvgIpc) is 2.78. The number of rotatable bonds is 9. The second-order valence-electron chi connectivity index (χ2n) is 7.72. The van der Waals surface area contributed by atoms with Crippen molar-refractivity contribution in [3.8, 4) is 11.5 Å². The average molecular weight is 447 g/mol. The van der Waals surface area contributed by atoms with Crippen LogP contribution in [0.15, 0.2) is 53.4 Å². The summed E-state index contributed by atoms with van der Waals surface area (Å²) < 4.78 is 38.7. The van der Waals surface area contributed by atoms with Crippen LogP contribution >= 0.6 is 0 Å². The quantitative estimate of drug-likeness (QED) is 0.598. The summed E-state index contributed by atoms with van der Waals surface area (Å²) in [5, 5.41) is 0. The number of sulfonamides is 1. The van der Waals surface area contributed by atoms with Crippen molar-refractivity contribution in [1.82, 2.24) is 9.62 Å². The topological polar surface area (TPSA) is 84.9 Å². The van der Waals surface area contributed by atoms with Gasteiger partial charge in [0.25, 0.3) is 0 Å².